The van der Waals surface area contributed by atoms with Crippen LogP contribution in [0.4, 0.5) is 10.6 Å². The van der Waals surface area contributed by atoms with Gasteiger partial charge in [-0.1, -0.05) is 62.4 Å². The zero-order valence-electron chi connectivity index (χ0n) is 22.4. The van der Waals surface area contributed by atoms with Gasteiger partial charge in [0.25, 0.3) is 5.91 Å². The lowest BCUT2D eigenvalue weighted by Crippen LogP contribution is -2.54. The van der Waals surface area contributed by atoms with Crippen LogP contribution in [0, 0.1) is 5.92 Å². The second kappa shape index (κ2) is 12.1. The third-order valence-corrected chi connectivity index (χ3v) is 7.21. The summed E-state index contributed by atoms with van der Waals surface area (Å²) in [7, 11) is 0. The summed E-state index contributed by atoms with van der Waals surface area (Å²) in [6, 6.07) is 19.7. The van der Waals surface area contributed by atoms with Crippen LogP contribution in [0.2, 0.25) is 0 Å². The number of hydrogen-bond donors (Lipinski definition) is 4. The zero-order valence-corrected chi connectivity index (χ0v) is 22.4. The van der Waals surface area contributed by atoms with Gasteiger partial charge in [0.1, 0.15) is 0 Å². The molecule has 1 fully saturated rings. The van der Waals surface area contributed by atoms with Crippen molar-refractivity contribution < 1.29 is 9.59 Å². The van der Waals surface area contributed by atoms with Crippen molar-refractivity contribution >= 4 is 28.7 Å². The van der Waals surface area contributed by atoms with Crippen LogP contribution < -0.4 is 16.0 Å². The number of H-pyrrole nitrogens is 1. The summed E-state index contributed by atoms with van der Waals surface area (Å²) >= 11 is 0. The zero-order chi connectivity index (χ0) is 27.2. The highest BCUT2D eigenvalue weighted by Crippen LogP contribution is 2.20. The van der Waals surface area contributed by atoms with Crippen molar-refractivity contribution in [1.82, 2.24) is 30.7 Å². The maximum atomic E-state index is 13.3. The van der Waals surface area contributed by atoms with Gasteiger partial charge in [-0.3, -0.25) is 10.1 Å². The Kier molecular flexibility index (Phi) is 8.17. The number of amides is 3. The first-order chi connectivity index (χ1) is 19.0. The number of hydrogen-bond acceptors (Lipinski definition) is 5. The summed E-state index contributed by atoms with van der Waals surface area (Å²) in [5, 5.41) is 18.9. The number of carbonyl (C=O) groups excluding carboxylic acids is 2. The molecule has 1 aliphatic rings. The first-order valence-electron chi connectivity index (χ1n) is 13.5. The first kappa shape index (κ1) is 26.4. The number of benzene rings is 2. The number of aromatic amines is 1. The molecule has 0 saturated carbocycles. The molecule has 9 heteroatoms. The van der Waals surface area contributed by atoms with Gasteiger partial charge in [0.2, 0.25) is 0 Å². The fraction of sp³-hybridized carbons (Fsp3) is 0.333. The molecule has 1 atom stereocenters. The summed E-state index contributed by atoms with van der Waals surface area (Å²) in [6.45, 7) is 6.76. The SMILES string of the molecule is CC(C)[C@H]1CN(C(=O)c2cc(Cc3ccccc3)c(NC(=O)NCCc3c[nH]c4ccccc34)nn2)CCN1. The molecule has 0 aliphatic carbocycles. The van der Waals surface area contributed by atoms with Crippen LogP contribution in [0.15, 0.2) is 66.9 Å². The Morgan fingerprint density at radius 1 is 1.05 bits per heavy atom. The fourth-order valence-electron chi connectivity index (χ4n) is 4.96. The number of nitrogens with one attached hydrogen (secondary N) is 4. The summed E-state index contributed by atoms with van der Waals surface area (Å²) in [4.78, 5) is 31.2. The summed E-state index contributed by atoms with van der Waals surface area (Å²) in [5.74, 6) is 0.625. The number of rotatable bonds is 8. The van der Waals surface area contributed by atoms with Crippen molar-refractivity contribution in [3.05, 3.63) is 89.2 Å². The topological polar surface area (TPSA) is 115 Å². The van der Waals surface area contributed by atoms with Crippen molar-refractivity contribution in [3.8, 4) is 0 Å². The third-order valence-electron chi connectivity index (χ3n) is 7.21. The molecule has 3 heterocycles. The Balaban J connectivity index is 1.28. The van der Waals surface area contributed by atoms with Crippen molar-refractivity contribution in [3.63, 3.8) is 0 Å². The van der Waals surface area contributed by atoms with Crippen LogP contribution in [-0.4, -0.2) is 64.2 Å². The molecule has 2 aromatic carbocycles. The highest BCUT2D eigenvalue weighted by atomic mass is 16.2. The molecule has 2 aromatic heterocycles. The van der Waals surface area contributed by atoms with E-state index in [0.717, 1.165) is 34.1 Å². The molecule has 4 aromatic rings. The van der Waals surface area contributed by atoms with Crippen LogP contribution in [0.5, 0.6) is 0 Å². The smallest absolute Gasteiger partial charge is 0.320 e. The van der Waals surface area contributed by atoms with Crippen LogP contribution in [0.25, 0.3) is 10.9 Å². The van der Waals surface area contributed by atoms with E-state index in [-0.39, 0.29) is 23.7 Å². The molecule has 0 spiro atoms. The second-order valence-electron chi connectivity index (χ2n) is 10.3. The molecular weight excluding hydrogens is 490 g/mol. The number of fused-ring (bicyclic) bond motifs is 1. The van der Waals surface area contributed by atoms with Crippen LogP contribution in [-0.2, 0) is 12.8 Å². The van der Waals surface area contributed by atoms with E-state index >= 15 is 0 Å². The molecule has 202 valence electrons. The largest absolute Gasteiger partial charge is 0.361 e. The predicted octanol–water partition coefficient (Wildman–Crippen LogP) is 3.98. The van der Waals surface area contributed by atoms with Gasteiger partial charge < -0.3 is 20.5 Å². The number of urea groups is 1. The minimum absolute atomic E-state index is 0.140. The van der Waals surface area contributed by atoms with Gasteiger partial charge in [-0.2, -0.15) is 0 Å². The molecule has 39 heavy (non-hydrogen) atoms. The normalized spacial score (nSPS) is 15.5. The van der Waals surface area contributed by atoms with Crippen molar-refractivity contribution in [2.75, 3.05) is 31.5 Å². The number of para-hydroxylation sites is 1. The molecule has 0 radical (unpaired) electrons. The maximum Gasteiger partial charge on any atom is 0.320 e. The van der Waals surface area contributed by atoms with Gasteiger partial charge >= 0.3 is 6.03 Å². The molecule has 9 nitrogen and oxygen atoms in total. The quantitative estimate of drug-likeness (QED) is 0.278. The van der Waals surface area contributed by atoms with Crippen molar-refractivity contribution in [2.24, 2.45) is 5.92 Å². The summed E-state index contributed by atoms with van der Waals surface area (Å²) in [6.07, 6.45) is 3.18. The molecule has 5 rings (SSSR count). The second-order valence-corrected chi connectivity index (χ2v) is 10.3. The molecule has 1 aliphatic heterocycles. The monoisotopic (exact) mass is 525 g/mol. The van der Waals surface area contributed by atoms with E-state index in [0.29, 0.717) is 44.2 Å². The van der Waals surface area contributed by atoms with Gasteiger partial charge in [0.05, 0.1) is 0 Å². The maximum absolute atomic E-state index is 13.3. The molecule has 0 unspecified atom stereocenters. The Labute approximate surface area is 228 Å². The Hall–Kier alpha value is -4.24. The number of carbonyl (C=O) groups is 2. The van der Waals surface area contributed by atoms with Crippen molar-refractivity contribution in [2.45, 2.75) is 32.7 Å². The standard InChI is InChI=1S/C30H35N7O2/c1-20(2)27-19-37(15-14-31-27)29(38)26-17-23(16-21-8-4-3-5-9-21)28(36-35-26)34-30(39)32-13-12-22-18-33-25-11-7-6-10-24(22)25/h3-11,17-18,20,27,31,33H,12-16,19H2,1-2H3,(H2,32,34,36,39)/t27-/m1/s1. The average Bonchev–Trinajstić information content (AvgIpc) is 3.37. The Morgan fingerprint density at radius 3 is 2.67 bits per heavy atom. The van der Waals surface area contributed by atoms with E-state index in [1.807, 2.05) is 59.6 Å². The van der Waals surface area contributed by atoms with Crippen LogP contribution in [0.1, 0.15) is 41.0 Å². The van der Waals surface area contributed by atoms with Gasteiger partial charge in [-0.25, -0.2) is 4.79 Å². The fourth-order valence-corrected chi connectivity index (χ4v) is 4.96. The lowest BCUT2D eigenvalue weighted by molar-refractivity contribution is 0.0676. The number of aromatic nitrogens is 3. The van der Waals surface area contributed by atoms with E-state index in [9.17, 15) is 9.59 Å². The highest BCUT2D eigenvalue weighted by molar-refractivity contribution is 5.94. The van der Waals surface area contributed by atoms with Gasteiger partial charge in [-0.05, 0) is 35.6 Å². The average molecular weight is 526 g/mol. The number of piperazine rings is 1. The molecule has 0 bridgehead atoms. The van der Waals surface area contributed by atoms with Crippen molar-refractivity contribution in [1.29, 1.82) is 0 Å². The van der Waals surface area contributed by atoms with E-state index < -0.39 is 0 Å². The van der Waals surface area contributed by atoms with E-state index in [1.165, 1.54) is 0 Å². The van der Waals surface area contributed by atoms with E-state index in [2.05, 4.69) is 51.0 Å². The number of anilines is 1. The molecule has 4 N–H and O–H groups in total. The lowest BCUT2D eigenvalue weighted by Gasteiger charge is -2.35. The van der Waals surface area contributed by atoms with Gasteiger partial charge in [0.15, 0.2) is 11.5 Å². The van der Waals surface area contributed by atoms with Crippen LogP contribution in [0.3, 0.4) is 0 Å². The summed E-state index contributed by atoms with van der Waals surface area (Å²) in [5.41, 5.74) is 4.30. The Bertz CT molecular complexity index is 1430. The first-order valence-corrected chi connectivity index (χ1v) is 13.5. The molecule has 1 saturated heterocycles. The number of nitrogens with zero attached hydrogens (tertiary/aromatic N) is 3. The van der Waals surface area contributed by atoms with E-state index in [1.54, 1.807) is 6.07 Å². The van der Waals surface area contributed by atoms with Gasteiger partial charge in [-0.15, -0.1) is 10.2 Å². The highest BCUT2D eigenvalue weighted by Gasteiger charge is 2.27. The minimum atomic E-state index is -0.362. The lowest BCUT2D eigenvalue weighted by atomic mass is 10.0. The predicted molar refractivity (Wildman–Crippen MR) is 153 cm³/mol. The van der Waals surface area contributed by atoms with E-state index in [4.69, 9.17) is 0 Å². The third kappa shape index (κ3) is 6.43. The molecular formula is C30H35N7O2. The molecule has 3 amide bonds. The van der Waals surface area contributed by atoms with Crippen LogP contribution >= 0.6 is 0 Å². The summed E-state index contributed by atoms with van der Waals surface area (Å²) < 4.78 is 0. The minimum Gasteiger partial charge on any atom is -0.361 e. The van der Waals surface area contributed by atoms with Gasteiger partial charge in [0, 0.05) is 61.3 Å². The Morgan fingerprint density at radius 2 is 1.85 bits per heavy atom.